The number of hydrogen-bond donors (Lipinski definition) is 1. The van der Waals surface area contributed by atoms with Crippen molar-refractivity contribution >= 4 is 0 Å². The molecule has 0 radical (unpaired) electrons. The van der Waals surface area contributed by atoms with Gasteiger partial charge in [0, 0.05) is 12.5 Å². The topological polar surface area (TPSA) is 12.0 Å². The molecule has 1 N–H and O–H groups in total. The van der Waals surface area contributed by atoms with Gasteiger partial charge in [0.15, 0.2) is 0 Å². The minimum absolute atomic E-state index is 0.109. The maximum Gasteiger partial charge on any atom is 0.389 e. The second-order valence-electron chi connectivity index (χ2n) is 5.96. The van der Waals surface area contributed by atoms with Gasteiger partial charge in [-0.1, -0.05) is 37.6 Å². The normalized spacial score (nSPS) is 17.5. The molecule has 0 spiro atoms. The van der Waals surface area contributed by atoms with Crippen LogP contribution in [0.15, 0.2) is 24.3 Å². The van der Waals surface area contributed by atoms with Crippen LogP contribution >= 0.6 is 0 Å². The van der Waals surface area contributed by atoms with E-state index in [0.717, 1.165) is 18.5 Å². The van der Waals surface area contributed by atoms with E-state index in [-0.39, 0.29) is 12.5 Å². The Kier molecular flexibility index (Phi) is 5.68. The summed E-state index contributed by atoms with van der Waals surface area (Å²) in [5.41, 5.74) is 2.28. The first kappa shape index (κ1) is 16.3. The van der Waals surface area contributed by atoms with Crippen LogP contribution in [0, 0.1) is 0 Å². The van der Waals surface area contributed by atoms with Crippen LogP contribution in [0.25, 0.3) is 0 Å². The number of rotatable bonds is 7. The smallest absolute Gasteiger partial charge is 0.310 e. The van der Waals surface area contributed by atoms with Crippen LogP contribution < -0.4 is 5.32 Å². The van der Waals surface area contributed by atoms with Crippen LogP contribution in [0.4, 0.5) is 13.2 Å². The summed E-state index contributed by atoms with van der Waals surface area (Å²) in [7, 11) is 0. The molecule has 1 aliphatic rings. The predicted molar refractivity (Wildman–Crippen MR) is 79.4 cm³/mol. The monoisotopic (exact) mass is 299 g/mol. The summed E-state index contributed by atoms with van der Waals surface area (Å²) in [6, 6.07) is 7.94. The summed E-state index contributed by atoms with van der Waals surface area (Å²) in [4.78, 5) is 0. The van der Waals surface area contributed by atoms with Gasteiger partial charge in [0.1, 0.15) is 0 Å². The van der Waals surface area contributed by atoms with E-state index in [1.165, 1.54) is 24.8 Å². The van der Waals surface area contributed by atoms with Crippen molar-refractivity contribution in [2.45, 2.75) is 63.6 Å². The lowest BCUT2D eigenvalue weighted by Crippen LogP contribution is -2.24. The van der Waals surface area contributed by atoms with Crippen molar-refractivity contribution in [3.63, 3.8) is 0 Å². The molecule has 0 amide bonds. The van der Waals surface area contributed by atoms with Crippen molar-refractivity contribution in [1.82, 2.24) is 5.32 Å². The van der Waals surface area contributed by atoms with Gasteiger partial charge < -0.3 is 5.32 Å². The maximum absolute atomic E-state index is 12.5. The first-order valence-corrected chi connectivity index (χ1v) is 7.89. The lowest BCUT2D eigenvalue weighted by molar-refractivity contribution is -0.136. The number of benzene rings is 1. The molecule has 1 atom stereocenters. The molecule has 1 aliphatic carbocycles. The van der Waals surface area contributed by atoms with Crippen molar-refractivity contribution in [1.29, 1.82) is 0 Å². The molecule has 0 aliphatic heterocycles. The molecule has 1 unspecified atom stereocenters. The van der Waals surface area contributed by atoms with Gasteiger partial charge in [-0.05, 0) is 49.3 Å². The van der Waals surface area contributed by atoms with E-state index >= 15 is 0 Å². The van der Waals surface area contributed by atoms with Crippen LogP contribution in [-0.2, 0) is 0 Å². The molecular formula is C17H24F3N. The molecule has 4 heteroatoms. The SMILES string of the molecule is CCCNC(CCC(F)(F)F)c1cccc(C2CCC2)c1. The first-order chi connectivity index (χ1) is 9.99. The minimum atomic E-state index is -4.09. The lowest BCUT2D eigenvalue weighted by Gasteiger charge is -2.27. The van der Waals surface area contributed by atoms with E-state index in [0.29, 0.717) is 5.92 Å². The highest BCUT2D eigenvalue weighted by Gasteiger charge is 2.29. The van der Waals surface area contributed by atoms with E-state index in [2.05, 4.69) is 17.4 Å². The van der Waals surface area contributed by atoms with Crippen LogP contribution in [0.5, 0.6) is 0 Å². The molecule has 0 bridgehead atoms. The molecule has 1 fully saturated rings. The zero-order chi connectivity index (χ0) is 15.3. The summed E-state index contributed by atoms with van der Waals surface area (Å²) in [5, 5.41) is 3.26. The van der Waals surface area contributed by atoms with Gasteiger partial charge in [-0.15, -0.1) is 0 Å². The molecule has 2 rings (SSSR count). The number of hydrogen-bond acceptors (Lipinski definition) is 1. The number of nitrogens with one attached hydrogen (secondary N) is 1. The van der Waals surface area contributed by atoms with E-state index in [9.17, 15) is 13.2 Å². The third kappa shape index (κ3) is 5.03. The number of halogens is 3. The molecule has 1 aromatic carbocycles. The Labute approximate surface area is 124 Å². The molecule has 0 saturated heterocycles. The lowest BCUT2D eigenvalue weighted by atomic mass is 9.79. The maximum atomic E-state index is 12.5. The zero-order valence-electron chi connectivity index (χ0n) is 12.5. The summed E-state index contributed by atoms with van der Waals surface area (Å²) < 4.78 is 37.5. The van der Waals surface area contributed by atoms with Crippen LogP contribution in [0.2, 0.25) is 0 Å². The van der Waals surface area contributed by atoms with Gasteiger partial charge in [-0.25, -0.2) is 0 Å². The van der Waals surface area contributed by atoms with Gasteiger partial charge >= 0.3 is 6.18 Å². The highest BCUT2D eigenvalue weighted by Crippen LogP contribution is 2.37. The zero-order valence-corrected chi connectivity index (χ0v) is 12.5. The van der Waals surface area contributed by atoms with Gasteiger partial charge in [-0.3, -0.25) is 0 Å². The van der Waals surface area contributed by atoms with Gasteiger partial charge in [0.05, 0.1) is 0 Å². The molecule has 0 heterocycles. The van der Waals surface area contributed by atoms with Crippen LogP contribution in [0.3, 0.4) is 0 Å². The van der Waals surface area contributed by atoms with Gasteiger partial charge in [0.25, 0.3) is 0 Å². The van der Waals surface area contributed by atoms with Gasteiger partial charge in [0.2, 0.25) is 0 Å². The number of alkyl halides is 3. The average Bonchev–Trinajstić information content (AvgIpc) is 2.36. The Morgan fingerprint density at radius 2 is 2.05 bits per heavy atom. The van der Waals surface area contributed by atoms with Crippen molar-refractivity contribution in [3.8, 4) is 0 Å². The second-order valence-corrected chi connectivity index (χ2v) is 5.96. The Balaban J connectivity index is 2.07. The minimum Gasteiger partial charge on any atom is -0.310 e. The molecule has 1 saturated carbocycles. The standard InChI is InChI=1S/C17H24F3N/c1-2-11-21-16(9-10-17(18,19)20)15-8-4-7-14(12-15)13-5-3-6-13/h4,7-8,12-13,16,21H,2-3,5-6,9-11H2,1H3. The van der Waals surface area contributed by atoms with E-state index in [4.69, 9.17) is 0 Å². The summed E-state index contributed by atoms with van der Waals surface area (Å²) >= 11 is 0. The second kappa shape index (κ2) is 7.30. The Morgan fingerprint density at radius 1 is 1.29 bits per heavy atom. The molecule has 118 valence electrons. The third-order valence-electron chi connectivity index (χ3n) is 4.25. The molecule has 21 heavy (non-hydrogen) atoms. The fraction of sp³-hybridized carbons (Fsp3) is 0.647. The largest absolute Gasteiger partial charge is 0.389 e. The van der Waals surface area contributed by atoms with Crippen molar-refractivity contribution in [2.75, 3.05) is 6.54 Å². The Hall–Kier alpha value is -1.03. The Bertz CT molecular complexity index is 438. The van der Waals surface area contributed by atoms with Crippen molar-refractivity contribution in [2.24, 2.45) is 0 Å². The highest BCUT2D eigenvalue weighted by molar-refractivity contribution is 5.29. The summed E-state index contributed by atoms with van der Waals surface area (Å²) in [6.07, 6.45) is -0.110. The fourth-order valence-electron chi connectivity index (χ4n) is 2.78. The van der Waals surface area contributed by atoms with E-state index in [1.54, 1.807) is 0 Å². The van der Waals surface area contributed by atoms with Gasteiger partial charge in [-0.2, -0.15) is 13.2 Å². The molecule has 1 nitrogen and oxygen atoms in total. The van der Waals surface area contributed by atoms with E-state index < -0.39 is 12.6 Å². The molecule has 1 aromatic rings. The van der Waals surface area contributed by atoms with Crippen LogP contribution in [-0.4, -0.2) is 12.7 Å². The van der Waals surface area contributed by atoms with Crippen molar-refractivity contribution < 1.29 is 13.2 Å². The molecular weight excluding hydrogens is 275 g/mol. The van der Waals surface area contributed by atoms with Crippen LogP contribution in [0.1, 0.15) is 68.5 Å². The third-order valence-corrected chi connectivity index (χ3v) is 4.25. The fourth-order valence-corrected chi connectivity index (χ4v) is 2.78. The predicted octanol–water partition coefficient (Wildman–Crippen LogP) is 5.34. The van der Waals surface area contributed by atoms with E-state index in [1.807, 2.05) is 19.1 Å². The summed E-state index contributed by atoms with van der Waals surface area (Å²) in [5.74, 6) is 0.611. The highest BCUT2D eigenvalue weighted by atomic mass is 19.4. The Morgan fingerprint density at radius 3 is 2.62 bits per heavy atom. The molecule has 0 aromatic heterocycles. The van der Waals surface area contributed by atoms with Crippen molar-refractivity contribution in [3.05, 3.63) is 35.4 Å². The average molecular weight is 299 g/mol. The first-order valence-electron chi connectivity index (χ1n) is 7.89. The summed E-state index contributed by atoms with van der Waals surface area (Å²) in [6.45, 7) is 2.77. The quantitative estimate of drug-likeness (QED) is 0.717.